The van der Waals surface area contributed by atoms with Gasteiger partial charge < -0.3 is 9.47 Å². The van der Waals surface area contributed by atoms with Crippen molar-refractivity contribution in [1.29, 1.82) is 0 Å². The van der Waals surface area contributed by atoms with Crippen LogP contribution < -0.4 is 0 Å². The molecule has 1 atom stereocenters. The van der Waals surface area contributed by atoms with Crippen LogP contribution in [-0.2, 0) is 14.3 Å². The Labute approximate surface area is 119 Å². The Balaban J connectivity index is 3.38. The predicted octanol–water partition coefficient (Wildman–Crippen LogP) is 4.34. The standard InChI is InChI=1S/C16H32O3/c1-4-6-8-10-12-18-14-15(3)16(17)19-13-11-9-7-5-2/h15H,4-14H2,1-3H3. The van der Waals surface area contributed by atoms with Gasteiger partial charge in [0.25, 0.3) is 0 Å². The van der Waals surface area contributed by atoms with Gasteiger partial charge in [-0.15, -0.1) is 0 Å². The molecule has 0 aliphatic rings. The molecular formula is C16H32O3. The summed E-state index contributed by atoms with van der Waals surface area (Å²) < 4.78 is 10.7. The number of hydrogen-bond acceptors (Lipinski definition) is 3. The van der Waals surface area contributed by atoms with Crippen LogP contribution in [-0.4, -0.2) is 25.8 Å². The summed E-state index contributed by atoms with van der Waals surface area (Å²) in [5, 5.41) is 0. The molecule has 0 saturated carbocycles. The first-order valence-electron chi connectivity index (χ1n) is 7.96. The largest absolute Gasteiger partial charge is 0.465 e. The molecule has 19 heavy (non-hydrogen) atoms. The third-order valence-corrected chi connectivity index (χ3v) is 3.15. The lowest BCUT2D eigenvalue weighted by molar-refractivity contribution is -0.150. The fourth-order valence-electron chi connectivity index (χ4n) is 1.80. The zero-order valence-corrected chi connectivity index (χ0v) is 13.1. The molecule has 0 heterocycles. The zero-order chi connectivity index (χ0) is 14.3. The summed E-state index contributed by atoms with van der Waals surface area (Å²) in [6.07, 6.45) is 9.35. The van der Waals surface area contributed by atoms with E-state index in [1.807, 2.05) is 6.92 Å². The lowest BCUT2D eigenvalue weighted by Gasteiger charge is -2.12. The molecule has 0 bridgehead atoms. The first-order chi connectivity index (χ1) is 9.22. The van der Waals surface area contributed by atoms with Gasteiger partial charge >= 0.3 is 5.97 Å². The van der Waals surface area contributed by atoms with Crippen LogP contribution in [0, 0.1) is 5.92 Å². The Kier molecular flexibility index (Phi) is 13.4. The van der Waals surface area contributed by atoms with Gasteiger partial charge in [0, 0.05) is 6.61 Å². The van der Waals surface area contributed by atoms with Crippen molar-refractivity contribution in [2.45, 2.75) is 72.1 Å². The van der Waals surface area contributed by atoms with Crippen molar-refractivity contribution in [2.24, 2.45) is 5.92 Å². The van der Waals surface area contributed by atoms with Gasteiger partial charge in [0.2, 0.25) is 0 Å². The third kappa shape index (κ3) is 12.2. The summed E-state index contributed by atoms with van der Waals surface area (Å²) in [6, 6.07) is 0. The minimum atomic E-state index is -0.141. The van der Waals surface area contributed by atoms with Crippen molar-refractivity contribution in [2.75, 3.05) is 19.8 Å². The normalized spacial score (nSPS) is 12.4. The molecule has 3 heteroatoms. The summed E-state index contributed by atoms with van der Waals surface area (Å²) >= 11 is 0. The molecular weight excluding hydrogens is 240 g/mol. The highest BCUT2D eigenvalue weighted by molar-refractivity contribution is 5.72. The quantitative estimate of drug-likeness (QED) is 0.369. The topological polar surface area (TPSA) is 35.5 Å². The van der Waals surface area contributed by atoms with Crippen LogP contribution >= 0.6 is 0 Å². The Bertz CT molecular complexity index is 204. The highest BCUT2D eigenvalue weighted by atomic mass is 16.5. The summed E-state index contributed by atoms with van der Waals surface area (Å²) in [4.78, 5) is 11.6. The maximum atomic E-state index is 11.6. The molecule has 0 fully saturated rings. The van der Waals surface area contributed by atoms with E-state index in [-0.39, 0.29) is 11.9 Å². The van der Waals surface area contributed by atoms with E-state index in [4.69, 9.17) is 9.47 Å². The van der Waals surface area contributed by atoms with Gasteiger partial charge in [-0.05, 0) is 19.8 Å². The van der Waals surface area contributed by atoms with Crippen LogP contribution in [0.4, 0.5) is 0 Å². The average molecular weight is 272 g/mol. The molecule has 0 amide bonds. The minimum absolute atomic E-state index is 0.120. The maximum absolute atomic E-state index is 11.6. The van der Waals surface area contributed by atoms with Crippen molar-refractivity contribution in [1.82, 2.24) is 0 Å². The molecule has 0 aromatic rings. The molecule has 0 rings (SSSR count). The highest BCUT2D eigenvalue weighted by Crippen LogP contribution is 2.05. The molecule has 1 unspecified atom stereocenters. The van der Waals surface area contributed by atoms with E-state index in [2.05, 4.69) is 13.8 Å². The number of esters is 1. The van der Waals surface area contributed by atoms with E-state index in [9.17, 15) is 4.79 Å². The summed E-state index contributed by atoms with van der Waals surface area (Å²) in [7, 11) is 0. The van der Waals surface area contributed by atoms with Crippen LogP contribution in [0.2, 0.25) is 0 Å². The van der Waals surface area contributed by atoms with E-state index >= 15 is 0 Å². The fourth-order valence-corrected chi connectivity index (χ4v) is 1.80. The Morgan fingerprint density at radius 1 is 0.895 bits per heavy atom. The second-order valence-corrected chi connectivity index (χ2v) is 5.26. The third-order valence-electron chi connectivity index (χ3n) is 3.15. The number of carbonyl (C=O) groups is 1. The molecule has 0 aromatic carbocycles. The molecule has 0 spiro atoms. The first kappa shape index (κ1) is 18.4. The molecule has 0 saturated heterocycles. The van der Waals surface area contributed by atoms with Crippen molar-refractivity contribution >= 4 is 5.97 Å². The van der Waals surface area contributed by atoms with Gasteiger partial charge in [-0.3, -0.25) is 4.79 Å². The molecule has 0 aliphatic carbocycles. The Hall–Kier alpha value is -0.570. The van der Waals surface area contributed by atoms with Crippen molar-refractivity contribution in [3.05, 3.63) is 0 Å². The van der Waals surface area contributed by atoms with Gasteiger partial charge in [0.05, 0.1) is 19.1 Å². The monoisotopic (exact) mass is 272 g/mol. The SMILES string of the molecule is CCCCCCOCC(C)C(=O)OCCCCCC. The molecule has 0 radical (unpaired) electrons. The summed E-state index contributed by atoms with van der Waals surface area (Å²) in [6.45, 7) is 8.04. The van der Waals surface area contributed by atoms with Gasteiger partial charge in [-0.1, -0.05) is 52.4 Å². The van der Waals surface area contributed by atoms with Gasteiger partial charge in [-0.2, -0.15) is 0 Å². The zero-order valence-electron chi connectivity index (χ0n) is 13.1. The lowest BCUT2D eigenvalue weighted by Crippen LogP contribution is -2.20. The number of ether oxygens (including phenoxy) is 2. The Morgan fingerprint density at radius 2 is 1.47 bits per heavy atom. The molecule has 114 valence electrons. The van der Waals surface area contributed by atoms with Gasteiger partial charge in [0.1, 0.15) is 0 Å². The molecule has 3 nitrogen and oxygen atoms in total. The molecule has 0 N–H and O–H groups in total. The van der Waals surface area contributed by atoms with E-state index in [0.717, 1.165) is 25.9 Å². The van der Waals surface area contributed by atoms with E-state index in [0.29, 0.717) is 13.2 Å². The van der Waals surface area contributed by atoms with Crippen LogP contribution in [0.25, 0.3) is 0 Å². The highest BCUT2D eigenvalue weighted by Gasteiger charge is 2.14. The van der Waals surface area contributed by atoms with Crippen LogP contribution in [0.5, 0.6) is 0 Å². The van der Waals surface area contributed by atoms with E-state index < -0.39 is 0 Å². The number of hydrogen-bond donors (Lipinski definition) is 0. The van der Waals surface area contributed by atoms with Gasteiger partial charge in [0.15, 0.2) is 0 Å². The second kappa shape index (κ2) is 13.9. The van der Waals surface area contributed by atoms with Crippen LogP contribution in [0.3, 0.4) is 0 Å². The molecule has 0 aliphatic heterocycles. The van der Waals surface area contributed by atoms with Crippen molar-refractivity contribution in [3.8, 4) is 0 Å². The average Bonchev–Trinajstić information content (AvgIpc) is 2.42. The van der Waals surface area contributed by atoms with Crippen LogP contribution in [0.15, 0.2) is 0 Å². The minimum Gasteiger partial charge on any atom is -0.465 e. The predicted molar refractivity (Wildman–Crippen MR) is 79.2 cm³/mol. The van der Waals surface area contributed by atoms with Gasteiger partial charge in [-0.25, -0.2) is 0 Å². The summed E-state index contributed by atoms with van der Waals surface area (Å²) in [5.74, 6) is -0.262. The number of carbonyl (C=O) groups excluding carboxylic acids is 1. The fraction of sp³-hybridized carbons (Fsp3) is 0.938. The second-order valence-electron chi connectivity index (χ2n) is 5.26. The smallest absolute Gasteiger partial charge is 0.310 e. The summed E-state index contributed by atoms with van der Waals surface area (Å²) in [5.41, 5.74) is 0. The van der Waals surface area contributed by atoms with Crippen LogP contribution in [0.1, 0.15) is 72.1 Å². The number of rotatable bonds is 13. The lowest BCUT2D eigenvalue weighted by atomic mass is 10.2. The van der Waals surface area contributed by atoms with E-state index in [1.165, 1.54) is 32.1 Å². The van der Waals surface area contributed by atoms with Crippen molar-refractivity contribution < 1.29 is 14.3 Å². The number of unbranched alkanes of at least 4 members (excludes halogenated alkanes) is 6. The first-order valence-corrected chi connectivity index (χ1v) is 7.96. The van der Waals surface area contributed by atoms with E-state index in [1.54, 1.807) is 0 Å². The maximum Gasteiger partial charge on any atom is 0.310 e. The van der Waals surface area contributed by atoms with Crippen molar-refractivity contribution in [3.63, 3.8) is 0 Å². The Morgan fingerprint density at radius 3 is 2.05 bits per heavy atom. The molecule has 0 aromatic heterocycles.